The van der Waals surface area contributed by atoms with Crippen LogP contribution in [-0.2, 0) is 11.2 Å². The lowest BCUT2D eigenvalue weighted by Gasteiger charge is -2.29. The topological polar surface area (TPSA) is 58.6 Å². The zero-order chi connectivity index (χ0) is 21.9. The molecule has 0 fully saturated rings. The highest BCUT2D eigenvalue weighted by Crippen LogP contribution is 2.38. The minimum atomic E-state index is -0.614. The molecule has 0 aromatic heterocycles. The second-order valence-electron chi connectivity index (χ2n) is 9.07. The van der Waals surface area contributed by atoms with E-state index in [1.165, 1.54) is 5.56 Å². The lowest BCUT2D eigenvalue weighted by molar-refractivity contribution is -0.127. The standard InChI is InChI=1S/C25H32N2O3/c1-6-7-18-8-10-19(11-9-18)23(28)26-20-12-13-22-21(14-20)27(15-17(2)3)24(29)25(4,5)16-30-22/h8-14,17H,6-7,15-16H2,1-5H3,(H,26,28). The summed E-state index contributed by atoms with van der Waals surface area (Å²) in [6.07, 6.45) is 2.08. The van der Waals surface area contributed by atoms with E-state index >= 15 is 0 Å². The van der Waals surface area contributed by atoms with Crippen LogP contribution in [0.1, 0.15) is 57.0 Å². The Morgan fingerprint density at radius 1 is 1.17 bits per heavy atom. The normalized spacial score (nSPS) is 15.4. The molecular formula is C25H32N2O3. The highest BCUT2D eigenvalue weighted by molar-refractivity contribution is 6.05. The molecule has 3 rings (SSSR count). The second kappa shape index (κ2) is 8.90. The molecule has 160 valence electrons. The molecule has 5 heteroatoms. The van der Waals surface area contributed by atoms with Gasteiger partial charge in [-0.1, -0.05) is 39.3 Å². The van der Waals surface area contributed by atoms with Crippen molar-refractivity contribution >= 4 is 23.2 Å². The van der Waals surface area contributed by atoms with Crippen LogP contribution >= 0.6 is 0 Å². The number of anilines is 2. The highest BCUT2D eigenvalue weighted by atomic mass is 16.5. The Labute approximate surface area is 179 Å². The van der Waals surface area contributed by atoms with Gasteiger partial charge in [0.2, 0.25) is 5.91 Å². The first-order valence-corrected chi connectivity index (χ1v) is 10.7. The minimum Gasteiger partial charge on any atom is -0.490 e. The third-order valence-electron chi connectivity index (χ3n) is 5.22. The quantitative estimate of drug-likeness (QED) is 0.706. The monoisotopic (exact) mass is 408 g/mol. The molecule has 0 unspecified atom stereocenters. The van der Waals surface area contributed by atoms with E-state index in [0.717, 1.165) is 12.8 Å². The number of aryl methyl sites for hydroxylation is 1. The van der Waals surface area contributed by atoms with Gasteiger partial charge in [-0.15, -0.1) is 0 Å². The van der Waals surface area contributed by atoms with E-state index in [2.05, 4.69) is 26.1 Å². The van der Waals surface area contributed by atoms with Crippen LogP contribution in [-0.4, -0.2) is 25.0 Å². The Balaban J connectivity index is 1.86. The van der Waals surface area contributed by atoms with Crippen LogP contribution < -0.4 is 15.0 Å². The molecule has 2 aromatic carbocycles. The van der Waals surface area contributed by atoms with E-state index < -0.39 is 5.41 Å². The van der Waals surface area contributed by atoms with Crippen molar-refractivity contribution < 1.29 is 14.3 Å². The van der Waals surface area contributed by atoms with Gasteiger partial charge < -0.3 is 15.0 Å². The number of nitrogens with zero attached hydrogens (tertiary/aromatic N) is 1. The first-order chi connectivity index (χ1) is 14.2. The average Bonchev–Trinajstić information content (AvgIpc) is 2.79. The minimum absolute atomic E-state index is 0.0324. The number of hydrogen-bond donors (Lipinski definition) is 1. The van der Waals surface area contributed by atoms with Crippen LogP contribution in [0.4, 0.5) is 11.4 Å². The van der Waals surface area contributed by atoms with Crippen molar-refractivity contribution in [3.8, 4) is 5.75 Å². The summed E-state index contributed by atoms with van der Waals surface area (Å²) in [6.45, 7) is 11.0. The molecule has 0 saturated carbocycles. The highest BCUT2D eigenvalue weighted by Gasteiger charge is 2.38. The van der Waals surface area contributed by atoms with E-state index in [4.69, 9.17) is 4.74 Å². The van der Waals surface area contributed by atoms with Crippen molar-refractivity contribution in [2.75, 3.05) is 23.4 Å². The van der Waals surface area contributed by atoms with Gasteiger partial charge in [0.05, 0.1) is 11.1 Å². The van der Waals surface area contributed by atoms with Crippen LogP contribution in [0.2, 0.25) is 0 Å². The maximum atomic E-state index is 13.2. The molecular weight excluding hydrogens is 376 g/mol. The fraction of sp³-hybridized carbons (Fsp3) is 0.440. The average molecular weight is 409 g/mol. The van der Waals surface area contributed by atoms with Gasteiger partial charge in [-0.2, -0.15) is 0 Å². The molecule has 0 saturated heterocycles. The summed E-state index contributed by atoms with van der Waals surface area (Å²) in [6, 6.07) is 13.2. The molecule has 1 aliphatic heterocycles. The Hall–Kier alpha value is -2.82. The van der Waals surface area contributed by atoms with Crippen LogP contribution in [0.5, 0.6) is 5.75 Å². The van der Waals surface area contributed by atoms with E-state index in [1.54, 1.807) is 4.90 Å². The first-order valence-electron chi connectivity index (χ1n) is 10.7. The number of nitrogens with one attached hydrogen (secondary N) is 1. The summed E-state index contributed by atoms with van der Waals surface area (Å²) in [7, 11) is 0. The summed E-state index contributed by atoms with van der Waals surface area (Å²) < 4.78 is 5.95. The third-order valence-corrected chi connectivity index (χ3v) is 5.22. The number of hydrogen-bond acceptors (Lipinski definition) is 3. The maximum absolute atomic E-state index is 13.2. The Morgan fingerprint density at radius 2 is 1.87 bits per heavy atom. The third kappa shape index (κ3) is 4.84. The zero-order valence-corrected chi connectivity index (χ0v) is 18.6. The van der Waals surface area contributed by atoms with E-state index in [-0.39, 0.29) is 11.8 Å². The van der Waals surface area contributed by atoms with Crippen LogP contribution in [0, 0.1) is 11.3 Å². The van der Waals surface area contributed by atoms with Gasteiger partial charge in [0.15, 0.2) is 0 Å². The van der Waals surface area contributed by atoms with Crippen molar-refractivity contribution in [1.29, 1.82) is 0 Å². The number of fused-ring (bicyclic) bond motifs is 1. The summed E-state index contributed by atoms with van der Waals surface area (Å²) in [5.74, 6) is 0.826. The molecule has 0 spiro atoms. The number of carbonyl (C=O) groups is 2. The van der Waals surface area contributed by atoms with Gasteiger partial charge in [-0.25, -0.2) is 0 Å². The van der Waals surface area contributed by atoms with Crippen molar-refractivity contribution in [3.63, 3.8) is 0 Å². The van der Waals surface area contributed by atoms with Gasteiger partial charge in [0.25, 0.3) is 5.91 Å². The molecule has 2 aromatic rings. The molecule has 0 aliphatic carbocycles. The van der Waals surface area contributed by atoms with Crippen LogP contribution in [0.25, 0.3) is 0 Å². The van der Waals surface area contributed by atoms with Gasteiger partial charge in [-0.3, -0.25) is 9.59 Å². The van der Waals surface area contributed by atoms with Crippen LogP contribution in [0.3, 0.4) is 0 Å². The fourth-order valence-corrected chi connectivity index (χ4v) is 3.58. The predicted molar refractivity (Wildman–Crippen MR) is 121 cm³/mol. The molecule has 30 heavy (non-hydrogen) atoms. The van der Waals surface area contributed by atoms with Gasteiger partial charge >= 0.3 is 0 Å². The molecule has 1 heterocycles. The molecule has 5 nitrogen and oxygen atoms in total. The Kier molecular flexibility index (Phi) is 6.49. The number of ether oxygens (including phenoxy) is 1. The predicted octanol–water partition coefficient (Wildman–Crippen LogP) is 5.30. The summed E-state index contributed by atoms with van der Waals surface area (Å²) >= 11 is 0. The summed E-state index contributed by atoms with van der Waals surface area (Å²) in [5, 5.41) is 2.96. The largest absolute Gasteiger partial charge is 0.490 e. The lowest BCUT2D eigenvalue weighted by atomic mass is 9.92. The molecule has 1 N–H and O–H groups in total. The lowest BCUT2D eigenvalue weighted by Crippen LogP contribution is -2.43. The number of benzene rings is 2. The van der Waals surface area contributed by atoms with Gasteiger partial charge in [-0.05, 0) is 62.1 Å². The Morgan fingerprint density at radius 3 is 2.50 bits per heavy atom. The van der Waals surface area contributed by atoms with E-state index in [1.807, 2.05) is 56.3 Å². The zero-order valence-electron chi connectivity index (χ0n) is 18.6. The molecule has 1 aliphatic rings. The molecule has 0 atom stereocenters. The second-order valence-corrected chi connectivity index (χ2v) is 9.07. The SMILES string of the molecule is CCCc1ccc(C(=O)Nc2ccc3c(c2)N(CC(C)C)C(=O)C(C)(C)CO3)cc1. The first kappa shape index (κ1) is 21.9. The fourth-order valence-electron chi connectivity index (χ4n) is 3.58. The van der Waals surface area contributed by atoms with Crippen molar-refractivity contribution in [1.82, 2.24) is 0 Å². The Bertz CT molecular complexity index is 916. The number of carbonyl (C=O) groups excluding carboxylic acids is 2. The van der Waals surface area contributed by atoms with Crippen molar-refractivity contribution in [2.24, 2.45) is 11.3 Å². The maximum Gasteiger partial charge on any atom is 0.255 e. The van der Waals surface area contributed by atoms with Crippen LogP contribution in [0.15, 0.2) is 42.5 Å². The van der Waals surface area contributed by atoms with Gasteiger partial charge in [0, 0.05) is 17.8 Å². The molecule has 2 amide bonds. The number of amides is 2. The number of rotatable bonds is 6. The van der Waals surface area contributed by atoms with Gasteiger partial charge in [0.1, 0.15) is 12.4 Å². The van der Waals surface area contributed by atoms with E-state index in [0.29, 0.717) is 41.8 Å². The molecule has 0 bridgehead atoms. The van der Waals surface area contributed by atoms with Crippen molar-refractivity contribution in [2.45, 2.75) is 47.5 Å². The summed E-state index contributed by atoms with van der Waals surface area (Å²) in [5.41, 5.74) is 2.56. The smallest absolute Gasteiger partial charge is 0.255 e. The molecule has 0 radical (unpaired) electrons. The van der Waals surface area contributed by atoms with E-state index in [9.17, 15) is 9.59 Å². The summed E-state index contributed by atoms with van der Waals surface area (Å²) in [4.78, 5) is 27.7. The van der Waals surface area contributed by atoms with Crippen molar-refractivity contribution in [3.05, 3.63) is 53.6 Å².